The van der Waals surface area contributed by atoms with Crippen LogP contribution in [0.5, 0.6) is 5.75 Å². The molecule has 0 saturated carbocycles. The molecule has 1 heterocycles. The maximum atomic E-state index is 11.5. The molecule has 9 nitrogen and oxygen atoms in total. The number of amides is 1. The maximum Gasteiger partial charge on any atom is 0.269 e. The highest BCUT2D eigenvalue weighted by molar-refractivity contribution is 5.90. The van der Waals surface area contributed by atoms with E-state index in [1.165, 1.54) is 24.3 Å². The highest BCUT2D eigenvalue weighted by atomic mass is 16.6. The van der Waals surface area contributed by atoms with Crippen molar-refractivity contribution in [2.75, 3.05) is 11.9 Å². The molecule has 1 aromatic carbocycles. The number of carbonyl (C=O) groups excluding carboxylic acids is 1. The first-order chi connectivity index (χ1) is 9.54. The van der Waals surface area contributed by atoms with Crippen LogP contribution in [0.25, 0.3) is 0 Å². The summed E-state index contributed by atoms with van der Waals surface area (Å²) in [6.45, 7) is 1.46. The van der Waals surface area contributed by atoms with Gasteiger partial charge in [0.1, 0.15) is 11.6 Å². The van der Waals surface area contributed by atoms with Crippen LogP contribution >= 0.6 is 0 Å². The van der Waals surface area contributed by atoms with E-state index in [0.29, 0.717) is 11.6 Å². The fraction of sp³-hybridized carbons (Fsp3) is 0.182. The summed E-state index contributed by atoms with van der Waals surface area (Å²) in [5, 5.41) is 19.2. The minimum Gasteiger partial charge on any atom is -0.484 e. The minimum absolute atomic E-state index is 0.0435. The SMILES string of the molecule is Cc1nc(NC(=O)COc2ccc([N+](=O)[O-])cc2)n[nH]1. The topological polar surface area (TPSA) is 123 Å². The van der Waals surface area contributed by atoms with E-state index in [2.05, 4.69) is 20.5 Å². The Hall–Kier alpha value is -2.97. The summed E-state index contributed by atoms with van der Waals surface area (Å²) >= 11 is 0. The molecule has 0 spiro atoms. The Kier molecular flexibility index (Phi) is 3.89. The van der Waals surface area contributed by atoms with Crippen molar-refractivity contribution in [2.24, 2.45) is 0 Å². The molecular weight excluding hydrogens is 266 g/mol. The van der Waals surface area contributed by atoms with E-state index in [1.54, 1.807) is 6.92 Å². The molecule has 0 aliphatic carbocycles. The lowest BCUT2D eigenvalue weighted by Crippen LogP contribution is -2.20. The van der Waals surface area contributed by atoms with Crippen LogP contribution in [-0.4, -0.2) is 32.6 Å². The van der Waals surface area contributed by atoms with Crippen LogP contribution in [0.2, 0.25) is 0 Å². The fourth-order valence-electron chi connectivity index (χ4n) is 1.37. The summed E-state index contributed by atoms with van der Waals surface area (Å²) in [4.78, 5) is 25.4. The minimum atomic E-state index is -0.512. The number of nitro groups is 1. The lowest BCUT2D eigenvalue weighted by Gasteiger charge is -2.04. The number of nitrogens with one attached hydrogen (secondary N) is 2. The molecule has 2 N–H and O–H groups in total. The molecule has 0 unspecified atom stereocenters. The van der Waals surface area contributed by atoms with Crippen molar-refractivity contribution >= 4 is 17.5 Å². The van der Waals surface area contributed by atoms with Crippen molar-refractivity contribution < 1.29 is 14.5 Å². The van der Waals surface area contributed by atoms with Crippen LogP contribution < -0.4 is 10.1 Å². The summed E-state index contributed by atoms with van der Waals surface area (Å²) in [7, 11) is 0. The van der Waals surface area contributed by atoms with Crippen molar-refractivity contribution in [1.82, 2.24) is 15.2 Å². The number of aromatic nitrogens is 3. The first-order valence-corrected chi connectivity index (χ1v) is 5.61. The molecule has 0 radical (unpaired) electrons. The second kappa shape index (κ2) is 5.78. The average Bonchev–Trinajstić information content (AvgIpc) is 2.82. The zero-order valence-electron chi connectivity index (χ0n) is 10.5. The van der Waals surface area contributed by atoms with E-state index in [1.807, 2.05) is 0 Å². The lowest BCUT2D eigenvalue weighted by molar-refractivity contribution is -0.384. The van der Waals surface area contributed by atoms with E-state index in [4.69, 9.17) is 4.74 Å². The van der Waals surface area contributed by atoms with E-state index < -0.39 is 10.8 Å². The summed E-state index contributed by atoms with van der Waals surface area (Å²) in [6.07, 6.45) is 0. The van der Waals surface area contributed by atoms with Crippen molar-refractivity contribution in [3.8, 4) is 5.75 Å². The number of ether oxygens (including phenoxy) is 1. The quantitative estimate of drug-likeness (QED) is 0.621. The molecule has 0 atom stereocenters. The van der Waals surface area contributed by atoms with Gasteiger partial charge in [0.2, 0.25) is 5.95 Å². The fourth-order valence-corrected chi connectivity index (χ4v) is 1.37. The van der Waals surface area contributed by atoms with Gasteiger partial charge in [-0.2, -0.15) is 4.98 Å². The number of carbonyl (C=O) groups is 1. The van der Waals surface area contributed by atoms with Gasteiger partial charge in [0.25, 0.3) is 11.6 Å². The Morgan fingerprint density at radius 2 is 2.15 bits per heavy atom. The third-order valence-corrected chi connectivity index (χ3v) is 2.27. The monoisotopic (exact) mass is 277 g/mol. The Morgan fingerprint density at radius 1 is 1.45 bits per heavy atom. The summed E-state index contributed by atoms with van der Waals surface area (Å²) in [5.41, 5.74) is -0.0435. The number of anilines is 1. The van der Waals surface area contributed by atoms with Crippen molar-refractivity contribution in [1.29, 1.82) is 0 Å². The molecule has 20 heavy (non-hydrogen) atoms. The first-order valence-electron chi connectivity index (χ1n) is 5.61. The molecule has 0 bridgehead atoms. The largest absolute Gasteiger partial charge is 0.484 e. The first kappa shape index (κ1) is 13.5. The van der Waals surface area contributed by atoms with Gasteiger partial charge >= 0.3 is 0 Å². The number of nitrogens with zero attached hydrogens (tertiary/aromatic N) is 3. The van der Waals surface area contributed by atoms with Crippen LogP contribution in [0.4, 0.5) is 11.6 Å². The zero-order valence-corrected chi connectivity index (χ0v) is 10.5. The van der Waals surface area contributed by atoms with Gasteiger partial charge in [-0.1, -0.05) is 0 Å². The number of hydrogen-bond donors (Lipinski definition) is 2. The molecule has 2 aromatic rings. The van der Waals surface area contributed by atoms with Crippen molar-refractivity contribution in [2.45, 2.75) is 6.92 Å². The lowest BCUT2D eigenvalue weighted by atomic mass is 10.3. The molecule has 0 aliphatic heterocycles. The number of rotatable bonds is 5. The van der Waals surface area contributed by atoms with E-state index in [9.17, 15) is 14.9 Å². The predicted molar refractivity (Wildman–Crippen MR) is 68.3 cm³/mol. The maximum absolute atomic E-state index is 11.5. The van der Waals surface area contributed by atoms with Crippen molar-refractivity contribution in [3.63, 3.8) is 0 Å². The smallest absolute Gasteiger partial charge is 0.269 e. The van der Waals surface area contributed by atoms with Gasteiger partial charge < -0.3 is 4.74 Å². The summed E-state index contributed by atoms with van der Waals surface area (Å²) < 4.78 is 5.18. The molecule has 2 rings (SSSR count). The van der Waals surface area contributed by atoms with Gasteiger partial charge in [0.05, 0.1) is 4.92 Å². The van der Waals surface area contributed by atoms with E-state index in [-0.39, 0.29) is 18.2 Å². The normalized spacial score (nSPS) is 10.1. The predicted octanol–water partition coefficient (Wildman–Crippen LogP) is 1.04. The second-order valence-corrected chi connectivity index (χ2v) is 3.83. The Balaban J connectivity index is 1.85. The Labute approximate surface area is 113 Å². The van der Waals surface area contributed by atoms with Gasteiger partial charge in [0, 0.05) is 12.1 Å². The number of aryl methyl sites for hydroxylation is 1. The number of hydrogen-bond acceptors (Lipinski definition) is 6. The molecule has 1 amide bonds. The number of nitro benzene ring substituents is 1. The number of benzene rings is 1. The van der Waals surface area contributed by atoms with Gasteiger partial charge in [-0.3, -0.25) is 25.3 Å². The highest BCUT2D eigenvalue weighted by Crippen LogP contribution is 2.17. The number of H-pyrrole nitrogens is 1. The van der Waals surface area contributed by atoms with Crippen LogP contribution in [-0.2, 0) is 4.79 Å². The van der Waals surface area contributed by atoms with Gasteiger partial charge in [0.15, 0.2) is 6.61 Å². The second-order valence-electron chi connectivity index (χ2n) is 3.83. The molecule has 0 saturated heterocycles. The van der Waals surface area contributed by atoms with Gasteiger partial charge in [-0.15, -0.1) is 5.10 Å². The van der Waals surface area contributed by atoms with Crippen LogP contribution in [0, 0.1) is 17.0 Å². The molecule has 1 aromatic heterocycles. The third-order valence-electron chi connectivity index (χ3n) is 2.27. The Bertz CT molecular complexity index is 622. The standard InChI is InChI=1S/C11H11N5O4/c1-7-12-11(15-14-7)13-10(17)6-20-9-4-2-8(3-5-9)16(18)19/h2-5H,6H2,1H3,(H2,12,13,14,15,17). The average molecular weight is 277 g/mol. The van der Waals surface area contributed by atoms with Crippen molar-refractivity contribution in [3.05, 3.63) is 40.2 Å². The zero-order chi connectivity index (χ0) is 14.5. The molecular formula is C11H11N5O4. The third kappa shape index (κ3) is 3.51. The highest BCUT2D eigenvalue weighted by Gasteiger charge is 2.08. The number of aromatic amines is 1. The summed E-state index contributed by atoms with van der Waals surface area (Å²) in [5.74, 6) is 0.677. The van der Waals surface area contributed by atoms with Crippen LogP contribution in [0.3, 0.4) is 0 Å². The van der Waals surface area contributed by atoms with Gasteiger partial charge in [-0.05, 0) is 19.1 Å². The van der Waals surface area contributed by atoms with Crippen LogP contribution in [0.15, 0.2) is 24.3 Å². The summed E-state index contributed by atoms with van der Waals surface area (Å²) in [6, 6.07) is 5.43. The van der Waals surface area contributed by atoms with E-state index >= 15 is 0 Å². The van der Waals surface area contributed by atoms with Crippen LogP contribution in [0.1, 0.15) is 5.82 Å². The van der Waals surface area contributed by atoms with Gasteiger partial charge in [-0.25, -0.2) is 0 Å². The molecule has 104 valence electrons. The molecule has 0 fully saturated rings. The Morgan fingerprint density at radius 3 is 2.70 bits per heavy atom. The molecule has 9 heteroatoms. The number of non-ortho nitro benzene ring substituents is 1. The van der Waals surface area contributed by atoms with E-state index in [0.717, 1.165) is 0 Å². The molecule has 0 aliphatic rings.